The van der Waals surface area contributed by atoms with Gasteiger partial charge in [-0.25, -0.2) is 0 Å². The second-order valence-corrected chi connectivity index (χ2v) is 7.30. The molecule has 28 heavy (non-hydrogen) atoms. The van der Waals surface area contributed by atoms with Crippen LogP contribution in [-0.4, -0.2) is 20.2 Å². The van der Waals surface area contributed by atoms with Gasteiger partial charge in [0.25, 0.3) is 0 Å². The molecule has 0 saturated carbocycles. The van der Waals surface area contributed by atoms with Crippen LogP contribution in [0, 0.1) is 0 Å². The molecule has 3 aromatic carbocycles. The van der Waals surface area contributed by atoms with Crippen molar-refractivity contribution in [2.75, 3.05) is 20.2 Å². The third kappa shape index (κ3) is 4.37. The van der Waals surface area contributed by atoms with E-state index < -0.39 is 0 Å². The Balaban J connectivity index is 1.49. The fraction of sp³-hybridized carbons (Fsp3) is 0.280. The Bertz CT molecular complexity index is 880. The van der Waals surface area contributed by atoms with Gasteiger partial charge in [0.15, 0.2) is 0 Å². The topological polar surface area (TPSA) is 30.5 Å². The molecule has 3 nitrogen and oxygen atoms in total. The van der Waals surface area contributed by atoms with E-state index in [1.165, 1.54) is 16.7 Å². The minimum absolute atomic E-state index is 0.0207. The van der Waals surface area contributed by atoms with Crippen LogP contribution >= 0.6 is 0 Å². The molecule has 1 N–H and O–H groups in total. The lowest BCUT2D eigenvalue weighted by atomic mass is 9.90. The average Bonchev–Trinajstić information content (AvgIpc) is 2.77. The van der Waals surface area contributed by atoms with E-state index in [0.29, 0.717) is 12.5 Å². The second kappa shape index (κ2) is 8.94. The van der Waals surface area contributed by atoms with Gasteiger partial charge in [-0.15, -0.1) is 0 Å². The SMILES string of the molecule is CNCCC(Oc1ccc2c(c1)OCC(c1ccccc1)C2)c1ccccc1. The van der Waals surface area contributed by atoms with Crippen LogP contribution in [0.5, 0.6) is 11.5 Å². The second-order valence-electron chi connectivity index (χ2n) is 7.30. The molecule has 3 aromatic rings. The lowest BCUT2D eigenvalue weighted by Gasteiger charge is -2.27. The van der Waals surface area contributed by atoms with Crippen LogP contribution in [0.15, 0.2) is 78.9 Å². The van der Waals surface area contributed by atoms with E-state index in [1.54, 1.807) is 0 Å². The number of hydrogen-bond acceptors (Lipinski definition) is 3. The fourth-order valence-corrected chi connectivity index (χ4v) is 3.77. The molecule has 4 rings (SSSR count). The number of nitrogens with one attached hydrogen (secondary N) is 1. The van der Waals surface area contributed by atoms with Crippen molar-refractivity contribution in [1.29, 1.82) is 0 Å². The maximum absolute atomic E-state index is 6.36. The summed E-state index contributed by atoms with van der Waals surface area (Å²) < 4.78 is 12.5. The maximum atomic E-state index is 6.36. The summed E-state index contributed by atoms with van der Waals surface area (Å²) in [6, 6.07) is 27.3. The Kier molecular flexibility index (Phi) is 5.93. The molecule has 144 valence electrons. The van der Waals surface area contributed by atoms with E-state index in [-0.39, 0.29) is 6.10 Å². The van der Waals surface area contributed by atoms with Crippen molar-refractivity contribution in [2.24, 2.45) is 0 Å². The van der Waals surface area contributed by atoms with Crippen LogP contribution in [-0.2, 0) is 6.42 Å². The highest BCUT2D eigenvalue weighted by Gasteiger charge is 2.22. The zero-order chi connectivity index (χ0) is 19.2. The molecule has 0 spiro atoms. The van der Waals surface area contributed by atoms with Gasteiger partial charge < -0.3 is 14.8 Å². The van der Waals surface area contributed by atoms with E-state index >= 15 is 0 Å². The summed E-state index contributed by atoms with van der Waals surface area (Å²) in [5.41, 5.74) is 3.78. The van der Waals surface area contributed by atoms with Crippen molar-refractivity contribution >= 4 is 0 Å². The van der Waals surface area contributed by atoms with Crippen LogP contribution in [0.2, 0.25) is 0 Å². The van der Waals surface area contributed by atoms with Crippen molar-refractivity contribution in [3.05, 3.63) is 95.6 Å². The summed E-state index contributed by atoms with van der Waals surface area (Å²) in [6.07, 6.45) is 1.93. The van der Waals surface area contributed by atoms with Gasteiger partial charge in [0.2, 0.25) is 0 Å². The summed E-state index contributed by atoms with van der Waals surface area (Å²) in [4.78, 5) is 0. The Hall–Kier alpha value is -2.78. The smallest absolute Gasteiger partial charge is 0.126 e. The van der Waals surface area contributed by atoms with Crippen molar-refractivity contribution in [3.63, 3.8) is 0 Å². The van der Waals surface area contributed by atoms with Gasteiger partial charge in [0, 0.05) is 18.4 Å². The molecule has 1 aliphatic rings. The van der Waals surface area contributed by atoms with E-state index in [9.17, 15) is 0 Å². The van der Waals surface area contributed by atoms with Crippen LogP contribution in [0.4, 0.5) is 0 Å². The summed E-state index contributed by atoms with van der Waals surface area (Å²) in [5.74, 6) is 2.22. The predicted molar refractivity (Wildman–Crippen MR) is 113 cm³/mol. The van der Waals surface area contributed by atoms with Gasteiger partial charge >= 0.3 is 0 Å². The minimum Gasteiger partial charge on any atom is -0.493 e. The van der Waals surface area contributed by atoms with Crippen LogP contribution in [0.1, 0.15) is 35.1 Å². The molecule has 3 heteroatoms. The predicted octanol–water partition coefficient (Wildman–Crippen LogP) is 5.13. The number of rotatable bonds is 7. The first-order chi connectivity index (χ1) is 13.8. The van der Waals surface area contributed by atoms with Gasteiger partial charge in [0.05, 0.1) is 6.61 Å². The highest BCUT2D eigenvalue weighted by atomic mass is 16.5. The zero-order valence-corrected chi connectivity index (χ0v) is 16.3. The molecule has 0 aliphatic carbocycles. The minimum atomic E-state index is 0.0207. The lowest BCUT2D eigenvalue weighted by molar-refractivity contribution is 0.192. The summed E-state index contributed by atoms with van der Waals surface area (Å²) in [5, 5.41) is 3.22. The molecule has 1 heterocycles. The van der Waals surface area contributed by atoms with E-state index in [0.717, 1.165) is 30.9 Å². The normalized spacial score (nSPS) is 16.7. The van der Waals surface area contributed by atoms with E-state index in [1.807, 2.05) is 19.2 Å². The molecule has 1 aliphatic heterocycles. The van der Waals surface area contributed by atoms with Crippen LogP contribution < -0.4 is 14.8 Å². The third-order valence-corrected chi connectivity index (χ3v) is 5.32. The van der Waals surface area contributed by atoms with Gasteiger partial charge in [0.1, 0.15) is 17.6 Å². The van der Waals surface area contributed by atoms with Gasteiger partial charge in [-0.3, -0.25) is 0 Å². The highest BCUT2D eigenvalue weighted by Crippen LogP contribution is 2.36. The fourth-order valence-electron chi connectivity index (χ4n) is 3.77. The summed E-state index contributed by atoms with van der Waals surface area (Å²) in [6.45, 7) is 1.61. The average molecular weight is 373 g/mol. The van der Waals surface area contributed by atoms with Crippen molar-refractivity contribution in [1.82, 2.24) is 5.32 Å². The Labute approximate surface area is 167 Å². The first-order valence-corrected chi connectivity index (χ1v) is 10.0. The Morgan fingerprint density at radius 3 is 2.50 bits per heavy atom. The molecule has 0 radical (unpaired) electrons. The van der Waals surface area contributed by atoms with Crippen LogP contribution in [0.25, 0.3) is 0 Å². The van der Waals surface area contributed by atoms with Gasteiger partial charge in [-0.1, -0.05) is 66.7 Å². The first kappa shape index (κ1) is 18.6. The molecule has 2 atom stereocenters. The Morgan fingerprint density at radius 1 is 1.00 bits per heavy atom. The van der Waals surface area contributed by atoms with Gasteiger partial charge in [-0.2, -0.15) is 0 Å². The quantitative estimate of drug-likeness (QED) is 0.622. The maximum Gasteiger partial charge on any atom is 0.126 e. The molecule has 0 aromatic heterocycles. The zero-order valence-electron chi connectivity index (χ0n) is 16.3. The van der Waals surface area contributed by atoms with Crippen LogP contribution in [0.3, 0.4) is 0 Å². The summed E-state index contributed by atoms with van der Waals surface area (Å²) in [7, 11) is 1.97. The first-order valence-electron chi connectivity index (χ1n) is 10.0. The van der Waals surface area contributed by atoms with Crippen molar-refractivity contribution < 1.29 is 9.47 Å². The van der Waals surface area contributed by atoms with Crippen molar-refractivity contribution in [3.8, 4) is 11.5 Å². The third-order valence-electron chi connectivity index (χ3n) is 5.32. The number of hydrogen-bond donors (Lipinski definition) is 1. The summed E-state index contributed by atoms with van der Waals surface area (Å²) >= 11 is 0. The number of ether oxygens (including phenoxy) is 2. The molecule has 0 amide bonds. The van der Waals surface area contributed by atoms with Crippen molar-refractivity contribution in [2.45, 2.75) is 24.9 Å². The highest BCUT2D eigenvalue weighted by molar-refractivity contribution is 5.44. The number of fused-ring (bicyclic) bond motifs is 1. The molecular formula is C25H27NO2. The largest absolute Gasteiger partial charge is 0.493 e. The van der Waals surface area contributed by atoms with Gasteiger partial charge in [-0.05, 0) is 42.8 Å². The molecule has 0 fully saturated rings. The standard InChI is InChI=1S/C25H27NO2/c1-26-15-14-24(20-10-6-3-7-11-20)28-23-13-12-21-16-22(18-27-25(21)17-23)19-8-4-2-5-9-19/h2-13,17,22,24,26H,14-16,18H2,1H3. The molecular weight excluding hydrogens is 346 g/mol. The van der Waals surface area contributed by atoms with E-state index in [4.69, 9.17) is 9.47 Å². The Morgan fingerprint density at radius 2 is 1.75 bits per heavy atom. The van der Waals surface area contributed by atoms with E-state index in [2.05, 4.69) is 72.0 Å². The molecule has 0 saturated heterocycles. The number of benzene rings is 3. The monoisotopic (exact) mass is 373 g/mol. The molecule has 0 bridgehead atoms. The molecule has 2 unspecified atom stereocenters. The lowest BCUT2D eigenvalue weighted by Crippen LogP contribution is -2.19.